The summed E-state index contributed by atoms with van der Waals surface area (Å²) in [6.45, 7) is 9.08. The quantitative estimate of drug-likeness (QED) is 0.206. The highest BCUT2D eigenvalue weighted by molar-refractivity contribution is 6.04. The number of amidine groups is 1. The van der Waals surface area contributed by atoms with Crippen LogP contribution in [0.1, 0.15) is 54.0 Å². The number of benzene rings is 2. The number of aryl methyl sites for hydroxylation is 1. The van der Waals surface area contributed by atoms with Gasteiger partial charge in [-0.25, -0.2) is 9.98 Å². The number of amides is 1. The van der Waals surface area contributed by atoms with Gasteiger partial charge in [-0.1, -0.05) is 38.1 Å². The Kier molecular flexibility index (Phi) is 11.2. The highest BCUT2D eigenvalue weighted by Gasteiger charge is 2.13. The van der Waals surface area contributed by atoms with Gasteiger partial charge in [0.1, 0.15) is 18.0 Å². The maximum absolute atomic E-state index is 12.9. The third-order valence-electron chi connectivity index (χ3n) is 6.22. The largest absolute Gasteiger partial charge is 0.386 e. The van der Waals surface area contributed by atoms with E-state index >= 15 is 0 Å². The Hall–Kier alpha value is -3.82. The number of carbonyl (C=O) groups excluding carboxylic acids is 1. The molecule has 0 spiro atoms. The van der Waals surface area contributed by atoms with Crippen LogP contribution in [0.5, 0.6) is 0 Å². The summed E-state index contributed by atoms with van der Waals surface area (Å²) in [7, 11) is 1.95. The van der Waals surface area contributed by atoms with Gasteiger partial charge in [0.25, 0.3) is 5.91 Å². The lowest BCUT2D eigenvalue weighted by molar-refractivity contribution is 0.102. The summed E-state index contributed by atoms with van der Waals surface area (Å²) in [5, 5.41) is 10.2. The van der Waals surface area contributed by atoms with Crippen molar-refractivity contribution in [3.8, 4) is 0 Å². The summed E-state index contributed by atoms with van der Waals surface area (Å²) >= 11 is 0. The van der Waals surface area contributed by atoms with Crippen molar-refractivity contribution in [3.05, 3.63) is 83.4 Å². The molecule has 4 N–H and O–H groups in total. The number of rotatable bonds is 15. The SMILES string of the molecule is CCCN(CCC)Cc1ccc(NC(=O)c2ccc(CN(CC(N)=NC=N)Cc3nccn3C)cc2)cc1. The van der Waals surface area contributed by atoms with Crippen molar-refractivity contribution in [2.45, 2.75) is 46.3 Å². The van der Waals surface area contributed by atoms with Crippen LogP contribution in [0.2, 0.25) is 0 Å². The first-order chi connectivity index (χ1) is 18.4. The van der Waals surface area contributed by atoms with Gasteiger partial charge in [-0.15, -0.1) is 0 Å². The molecule has 0 aliphatic rings. The Labute approximate surface area is 225 Å². The fraction of sp³-hybridized carbons (Fsp3) is 0.379. The third-order valence-corrected chi connectivity index (χ3v) is 6.22. The normalized spacial score (nSPS) is 11.8. The standard InChI is InChI=1S/C29H40N8O/c1-4-15-36(16-5-2)18-24-8-12-26(13-9-24)34-29(38)25-10-6-23(7-11-25)19-37(20-27(31)33-22-30)21-28-32-14-17-35(28)3/h6-14,17,22H,4-5,15-16,18-21H2,1-3H3,(H,34,38)(H3,30,31,33). The second-order valence-corrected chi connectivity index (χ2v) is 9.47. The Morgan fingerprint density at radius 1 is 1.00 bits per heavy atom. The second kappa shape index (κ2) is 14.8. The van der Waals surface area contributed by atoms with Crippen LogP contribution in [0, 0.1) is 5.41 Å². The van der Waals surface area contributed by atoms with E-state index in [0.29, 0.717) is 31.0 Å². The number of carbonyl (C=O) groups is 1. The Bertz CT molecular complexity index is 1180. The molecule has 0 radical (unpaired) electrons. The molecular weight excluding hydrogens is 476 g/mol. The summed E-state index contributed by atoms with van der Waals surface area (Å²) in [4.78, 5) is 25.7. The molecule has 0 bridgehead atoms. The predicted molar refractivity (Wildman–Crippen MR) is 154 cm³/mol. The number of imidazole rings is 1. The fourth-order valence-corrected chi connectivity index (χ4v) is 4.35. The highest BCUT2D eigenvalue weighted by Crippen LogP contribution is 2.15. The molecule has 0 atom stereocenters. The first kappa shape index (κ1) is 28.7. The first-order valence-electron chi connectivity index (χ1n) is 13.1. The zero-order chi connectivity index (χ0) is 27.3. The van der Waals surface area contributed by atoms with E-state index in [1.807, 2.05) is 54.2 Å². The number of anilines is 1. The van der Waals surface area contributed by atoms with Crippen LogP contribution < -0.4 is 11.1 Å². The van der Waals surface area contributed by atoms with Crippen molar-refractivity contribution in [3.63, 3.8) is 0 Å². The lowest BCUT2D eigenvalue weighted by Gasteiger charge is -2.22. The van der Waals surface area contributed by atoms with Crippen molar-refractivity contribution in [1.29, 1.82) is 5.41 Å². The van der Waals surface area contributed by atoms with E-state index in [1.54, 1.807) is 6.20 Å². The maximum Gasteiger partial charge on any atom is 0.255 e. The Balaban J connectivity index is 1.61. The van der Waals surface area contributed by atoms with E-state index in [2.05, 4.69) is 51.1 Å². The van der Waals surface area contributed by atoms with Crippen LogP contribution in [0.25, 0.3) is 0 Å². The molecular formula is C29H40N8O. The predicted octanol–water partition coefficient (Wildman–Crippen LogP) is 4.26. The molecule has 3 rings (SSSR count). The molecule has 0 saturated heterocycles. The minimum absolute atomic E-state index is 0.143. The average molecular weight is 517 g/mol. The minimum Gasteiger partial charge on any atom is -0.386 e. The van der Waals surface area contributed by atoms with Crippen LogP contribution in [0.15, 0.2) is 65.9 Å². The van der Waals surface area contributed by atoms with Crippen LogP contribution >= 0.6 is 0 Å². The number of aromatic nitrogens is 2. The zero-order valence-corrected chi connectivity index (χ0v) is 22.7. The first-order valence-corrected chi connectivity index (χ1v) is 13.1. The van der Waals surface area contributed by atoms with Gasteiger partial charge in [-0.3, -0.25) is 20.0 Å². The van der Waals surface area contributed by atoms with Crippen LogP contribution in [0.3, 0.4) is 0 Å². The molecule has 0 fully saturated rings. The summed E-state index contributed by atoms with van der Waals surface area (Å²) in [5.74, 6) is 1.12. The van der Waals surface area contributed by atoms with Crippen molar-refractivity contribution >= 4 is 23.8 Å². The number of aliphatic imine (C=N–C) groups is 1. The molecule has 0 unspecified atom stereocenters. The van der Waals surface area contributed by atoms with Crippen LogP contribution in [-0.4, -0.2) is 57.1 Å². The van der Waals surface area contributed by atoms with Crippen molar-refractivity contribution in [2.75, 3.05) is 25.0 Å². The molecule has 38 heavy (non-hydrogen) atoms. The number of hydrogen-bond donors (Lipinski definition) is 3. The average Bonchev–Trinajstić information content (AvgIpc) is 3.30. The maximum atomic E-state index is 12.9. The fourth-order valence-electron chi connectivity index (χ4n) is 4.35. The van der Waals surface area contributed by atoms with Gasteiger partial charge >= 0.3 is 0 Å². The molecule has 3 aromatic rings. The highest BCUT2D eigenvalue weighted by atomic mass is 16.1. The van der Waals surface area contributed by atoms with Crippen molar-refractivity contribution < 1.29 is 4.79 Å². The lowest BCUT2D eigenvalue weighted by Crippen LogP contribution is -2.34. The lowest BCUT2D eigenvalue weighted by atomic mass is 10.1. The third kappa shape index (κ3) is 8.93. The summed E-state index contributed by atoms with van der Waals surface area (Å²) in [5.41, 5.74) is 9.63. The van der Waals surface area contributed by atoms with Gasteiger partial charge < -0.3 is 15.6 Å². The molecule has 202 valence electrons. The van der Waals surface area contributed by atoms with Gasteiger partial charge in [0, 0.05) is 43.8 Å². The van der Waals surface area contributed by atoms with Gasteiger partial charge in [0.05, 0.1) is 13.1 Å². The Morgan fingerprint density at radius 3 is 2.16 bits per heavy atom. The molecule has 0 aliphatic heterocycles. The van der Waals surface area contributed by atoms with Gasteiger partial charge in [0.15, 0.2) is 0 Å². The molecule has 0 saturated carbocycles. The molecule has 9 heteroatoms. The smallest absolute Gasteiger partial charge is 0.255 e. The molecule has 2 aromatic carbocycles. The molecule has 0 aliphatic carbocycles. The van der Waals surface area contributed by atoms with E-state index in [0.717, 1.165) is 55.9 Å². The van der Waals surface area contributed by atoms with E-state index in [1.165, 1.54) is 5.56 Å². The zero-order valence-electron chi connectivity index (χ0n) is 22.7. The van der Waals surface area contributed by atoms with Crippen molar-refractivity contribution in [1.82, 2.24) is 19.4 Å². The van der Waals surface area contributed by atoms with Gasteiger partial charge in [-0.2, -0.15) is 0 Å². The monoisotopic (exact) mass is 516 g/mol. The topological polar surface area (TPSA) is 116 Å². The summed E-state index contributed by atoms with van der Waals surface area (Å²) in [6.07, 6.45) is 6.89. The van der Waals surface area contributed by atoms with Gasteiger partial charge in [-0.05, 0) is 61.3 Å². The molecule has 1 aromatic heterocycles. The Morgan fingerprint density at radius 2 is 1.61 bits per heavy atom. The number of nitrogens with two attached hydrogens (primary N) is 1. The van der Waals surface area contributed by atoms with Crippen molar-refractivity contribution in [2.24, 2.45) is 17.8 Å². The van der Waals surface area contributed by atoms with Crippen LogP contribution in [0.4, 0.5) is 5.69 Å². The molecule has 9 nitrogen and oxygen atoms in total. The minimum atomic E-state index is -0.143. The van der Waals surface area contributed by atoms with Gasteiger partial charge in [0.2, 0.25) is 0 Å². The van der Waals surface area contributed by atoms with Crippen LogP contribution in [-0.2, 0) is 26.7 Å². The molecule has 1 amide bonds. The number of nitrogens with zero attached hydrogens (tertiary/aromatic N) is 5. The number of hydrogen-bond acceptors (Lipinski definition) is 5. The van der Waals surface area contributed by atoms with E-state index in [9.17, 15) is 4.79 Å². The summed E-state index contributed by atoms with van der Waals surface area (Å²) < 4.78 is 1.96. The molecule has 1 heterocycles. The second-order valence-electron chi connectivity index (χ2n) is 9.47. The van der Waals surface area contributed by atoms with E-state index in [-0.39, 0.29) is 5.91 Å². The number of nitrogens with one attached hydrogen (secondary N) is 2. The summed E-state index contributed by atoms with van der Waals surface area (Å²) in [6, 6.07) is 15.7. The van der Waals surface area contributed by atoms with E-state index in [4.69, 9.17) is 11.1 Å². The van der Waals surface area contributed by atoms with E-state index < -0.39 is 0 Å².